The highest BCUT2D eigenvalue weighted by atomic mass is 35.5. The van der Waals surface area contributed by atoms with E-state index in [1.165, 1.54) is 18.2 Å². The van der Waals surface area contributed by atoms with Crippen LogP contribution in [0.15, 0.2) is 47.4 Å². The van der Waals surface area contributed by atoms with Gasteiger partial charge in [-0.2, -0.15) is 0 Å². The van der Waals surface area contributed by atoms with Crippen molar-refractivity contribution in [3.8, 4) is 0 Å². The Morgan fingerprint density at radius 2 is 1.96 bits per heavy atom. The zero-order valence-corrected chi connectivity index (χ0v) is 15.9. The maximum Gasteiger partial charge on any atom is 0.251 e. The van der Waals surface area contributed by atoms with Gasteiger partial charge in [-0.25, -0.2) is 13.4 Å². The molecule has 1 amide bonds. The van der Waals surface area contributed by atoms with Crippen molar-refractivity contribution in [2.24, 2.45) is 0 Å². The van der Waals surface area contributed by atoms with Crippen molar-refractivity contribution >= 4 is 38.4 Å². The summed E-state index contributed by atoms with van der Waals surface area (Å²) >= 11 is 5.91. The Morgan fingerprint density at radius 1 is 1.23 bits per heavy atom. The first-order valence-electron chi connectivity index (χ1n) is 7.97. The first-order valence-corrected chi connectivity index (χ1v) is 10.2. The molecule has 136 valence electrons. The van der Waals surface area contributed by atoms with Crippen LogP contribution in [-0.2, 0) is 16.4 Å². The van der Waals surface area contributed by atoms with Gasteiger partial charge in [0.05, 0.1) is 21.0 Å². The SMILES string of the molecule is Cc1nc2ccccc2n1CCNC(=O)c1ccc(Cl)c(S(C)(=O)=O)c1. The number of carbonyl (C=O) groups is 1. The molecule has 2 aromatic carbocycles. The maximum absolute atomic E-state index is 12.3. The lowest BCUT2D eigenvalue weighted by Gasteiger charge is -2.10. The second kappa shape index (κ2) is 7.09. The zero-order valence-electron chi connectivity index (χ0n) is 14.4. The summed E-state index contributed by atoms with van der Waals surface area (Å²) in [5, 5.41) is 2.90. The van der Waals surface area contributed by atoms with Crippen LogP contribution in [0.1, 0.15) is 16.2 Å². The zero-order chi connectivity index (χ0) is 18.9. The highest BCUT2D eigenvalue weighted by Gasteiger charge is 2.16. The molecule has 0 aliphatic rings. The molecule has 0 unspecified atom stereocenters. The molecule has 26 heavy (non-hydrogen) atoms. The fraction of sp³-hybridized carbons (Fsp3) is 0.222. The molecule has 0 fully saturated rings. The summed E-state index contributed by atoms with van der Waals surface area (Å²) in [5.74, 6) is 0.514. The van der Waals surface area contributed by atoms with Crippen molar-refractivity contribution in [3.05, 3.63) is 58.9 Å². The van der Waals surface area contributed by atoms with Crippen LogP contribution in [0.25, 0.3) is 11.0 Å². The highest BCUT2D eigenvalue weighted by molar-refractivity contribution is 7.90. The van der Waals surface area contributed by atoms with E-state index >= 15 is 0 Å². The van der Waals surface area contributed by atoms with Crippen LogP contribution in [0.2, 0.25) is 5.02 Å². The number of aryl methyl sites for hydroxylation is 1. The number of carbonyl (C=O) groups excluding carboxylic acids is 1. The van der Waals surface area contributed by atoms with Gasteiger partial charge in [0, 0.05) is 24.9 Å². The molecule has 0 spiro atoms. The summed E-state index contributed by atoms with van der Waals surface area (Å²) in [5.41, 5.74) is 2.17. The van der Waals surface area contributed by atoms with Gasteiger partial charge in [-0.1, -0.05) is 23.7 Å². The summed E-state index contributed by atoms with van der Waals surface area (Å²) in [6, 6.07) is 12.0. The number of hydrogen-bond acceptors (Lipinski definition) is 4. The minimum atomic E-state index is -3.50. The van der Waals surface area contributed by atoms with Gasteiger partial charge in [0.15, 0.2) is 9.84 Å². The molecule has 0 bridgehead atoms. The Bertz CT molecular complexity index is 1090. The monoisotopic (exact) mass is 391 g/mol. The number of imidazole rings is 1. The van der Waals surface area contributed by atoms with Crippen molar-refractivity contribution in [3.63, 3.8) is 0 Å². The highest BCUT2D eigenvalue weighted by Crippen LogP contribution is 2.22. The Labute approximate surface area is 156 Å². The number of nitrogens with zero attached hydrogens (tertiary/aromatic N) is 2. The van der Waals surface area contributed by atoms with Crippen LogP contribution in [0.5, 0.6) is 0 Å². The molecule has 1 aromatic heterocycles. The second-order valence-corrected chi connectivity index (χ2v) is 8.36. The minimum absolute atomic E-state index is 0.0525. The van der Waals surface area contributed by atoms with Gasteiger partial charge in [0.1, 0.15) is 5.82 Å². The summed E-state index contributed by atoms with van der Waals surface area (Å²) in [6.45, 7) is 2.86. The molecule has 6 nitrogen and oxygen atoms in total. The lowest BCUT2D eigenvalue weighted by atomic mass is 10.2. The first-order chi connectivity index (χ1) is 12.3. The van der Waals surface area contributed by atoms with E-state index in [-0.39, 0.29) is 21.4 Å². The first kappa shape index (κ1) is 18.4. The topological polar surface area (TPSA) is 81.1 Å². The van der Waals surface area contributed by atoms with Gasteiger partial charge in [-0.05, 0) is 37.3 Å². The number of sulfone groups is 1. The quantitative estimate of drug-likeness (QED) is 0.725. The Kier molecular flexibility index (Phi) is 5.02. The number of hydrogen-bond donors (Lipinski definition) is 1. The van der Waals surface area contributed by atoms with E-state index < -0.39 is 9.84 Å². The normalized spacial score (nSPS) is 11.7. The molecule has 3 rings (SSSR count). The molecule has 0 saturated carbocycles. The predicted molar refractivity (Wildman–Crippen MR) is 101 cm³/mol. The van der Waals surface area contributed by atoms with Gasteiger partial charge in [-0.15, -0.1) is 0 Å². The summed E-state index contributed by atoms with van der Waals surface area (Å²) < 4.78 is 25.5. The van der Waals surface area contributed by atoms with Gasteiger partial charge in [0.25, 0.3) is 5.91 Å². The molecule has 0 aliphatic heterocycles. The average molecular weight is 392 g/mol. The third-order valence-electron chi connectivity index (χ3n) is 4.06. The summed E-state index contributed by atoms with van der Waals surface area (Å²) in [4.78, 5) is 16.8. The molecule has 3 aromatic rings. The number of halogens is 1. The molecule has 0 radical (unpaired) electrons. The van der Waals surface area contributed by atoms with Crippen molar-refractivity contribution < 1.29 is 13.2 Å². The van der Waals surface area contributed by atoms with Crippen molar-refractivity contribution in [2.45, 2.75) is 18.4 Å². The fourth-order valence-electron chi connectivity index (χ4n) is 2.79. The Hall–Kier alpha value is -2.38. The number of benzene rings is 2. The maximum atomic E-state index is 12.3. The van der Waals surface area contributed by atoms with Crippen LogP contribution < -0.4 is 5.32 Å². The smallest absolute Gasteiger partial charge is 0.251 e. The molecule has 0 saturated heterocycles. The van der Waals surface area contributed by atoms with E-state index in [2.05, 4.69) is 10.3 Å². The van der Waals surface area contributed by atoms with Crippen molar-refractivity contribution in [1.82, 2.24) is 14.9 Å². The van der Waals surface area contributed by atoms with Crippen LogP contribution in [0, 0.1) is 6.92 Å². The second-order valence-electron chi connectivity index (χ2n) is 5.97. The Balaban J connectivity index is 1.72. The summed E-state index contributed by atoms with van der Waals surface area (Å²) in [7, 11) is -3.50. The van der Waals surface area contributed by atoms with Gasteiger partial charge in [0.2, 0.25) is 0 Å². The summed E-state index contributed by atoms with van der Waals surface area (Å²) in [6.07, 6.45) is 1.06. The molecule has 1 N–H and O–H groups in total. The molecule has 0 atom stereocenters. The van der Waals surface area contributed by atoms with Crippen molar-refractivity contribution in [2.75, 3.05) is 12.8 Å². The third kappa shape index (κ3) is 3.73. The minimum Gasteiger partial charge on any atom is -0.350 e. The largest absolute Gasteiger partial charge is 0.350 e. The van der Waals surface area contributed by atoms with Crippen LogP contribution in [-0.4, -0.2) is 36.7 Å². The molecule has 0 aliphatic carbocycles. The van der Waals surface area contributed by atoms with Crippen molar-refractivity contribution in [1.29, 1.82) is 0 Å². The molecular weight excluding hydrogens is 374 g/mol. The molecule has 8 heteroatoms. The standard InChI is InChI=1S/C18H18ClN3O3S/c1-12-21-15-5-3-4-6-16(15)22(12)10-9-20-18(23)13-7-8-14(19)17(11-13)26(2,24)25/h3-8,11H,9-10H2,1-2H3,(H,20,23). The van der Waals surface area contributed by atoms with Gasteiger partial charge in [-0.3, -0.25) is 4.79 Å². The van der Waals surface area contributed by atoms with E-state index in [1.807, 2.05) is 35.8 Å². The van der Waals surface area contributed by atoms with Gasteiger partial charge >= 0.3 is 0 Å². The van der Waals surface area contributed by atoms with Crippen LogP contribution in [0.4, 0.5) is 0 Å². The number of rotatable bonds is 5. The van der Waals surface area contributed by atoms with Crippen LogP contribution in [0.3, 0.4) is 0 Å². The van der Waals surface area contributed by atoms with E-state index in [9.17, 15) is 13.2 Å². The molecule has 1 heterocycles. The number of para-hydroxylation sites is 2. The Morgan fingerprint density at radius 3 is 2.69 bits per heavy atom. The van der Waals surface area contributed by atoms with E-state index in [0.29, 0.717) is 13.1 Å². The number of fused-ring (bicyclic) bond motifs is 1. The lowest BCUT2D eigenvalue weighted by molar-refractivity contribution is 0.0952. The number of nitrogens with one attached hydrogen (secondary N) is 1. The average Bonchev–Trinajstić information content (AvgIpc) is 2.90. The van der Waals surface area contributed by atoms with Crippen LogP contribution >= 0.6 is 11.6 Å². The lowest BCUT2D eigenvalue weighted by Crippen LogP contribution is -2.27. The van der Waals surface area contributed by atoms with E-state index in [0.717, 1.165) is 23.1 Å². The number of amides is 1. The van der Waals surface area contributed by atoms with E-state index in [1.54, 1.807) is 0 Å². The molecular formula is C18H18ClN3O3S. The van der Waals surface area contributed by atoms with Gasteiger partial charge < -0.3 is 9.88 Å². The number of aromatic nitrogens is 2. The predicted octanol–water partition coefficient (Wildman–Crippen LogP) is 2.83. The fourth-order valence-corrected chi connectivity index (χ4v) is 4.09. The third-order valence-corrected chi connectivity index (χ3v) is 5.64. The van der Waals surface area contributed by atoms with E-state index in [4.69, 9.17) is 11.6 Å².